The van der Waals surface area contributed by atoms with E-state index in [1.54, 1.807) is 0 Å². The molecule has 0 fully saturated rings. The number of carbonyl (C=O) groups is 2. The summed E-state index contributed by atoms with van der Waals surface area (Å²) in [5.74, 6) is 0.405. The third-order valence-corrected chi connectivity index (χ3v) is 6.26. The van der Waals surface area contributed by atoms with Crippen LogP contribution < -0.4 is 10.1 Å². The fourth-order valence-corrected chi connectivity index (χ4v) is 4.55. The number of dihydropyridines is 1. The monoisotopic (exact) mass is 445 g/mol. The van der Waals surface area contributed by atoms with Crippen molar-refractivity contribution in [3.8, 4) is 5.75 Å². The highest BCUT2D eigenvalue weighted by molar-refractivity contribution is 6.03. The Morgan fingerprint density at radius 3 is 2.45 bits per heavy atom. The van der Waals surface area contributed by atoms with E-state index in [1.807, 2.05) is 49.4 Å². The number of para-hydroxylation sites is 1. The Balaban J connectivity index is 1.57. The second kappa shape index (κ2) is 10.1. The van der Waals surface area contributed by atoms with Crippen LogP contribution in [0.1, 0.15) is 63.0 Å². The van der Waals surface area contributed by atoms with Gasteiger partial charge in [-0.3, -0.25) is 4.79 Å². The lowest BCUT2D eigenvalue weighted by atomic mass is 9.75. The minimum atomic E-state index is -0.419. The first-order valence-corrected chi connectivity index (χ1v) is 11.6. The number of ether oxygens (including phenoxy) is 2. The Morgan fingerprint density at radius 1 is 1.03 bits per heavy atom. The van der Waals surface area contributed by atoms with Gasteiger partial charge >= 0.3 is 5.97 Å². The number of esters is 1. The van der Waals surface area contributed by atoms with Gasteiger partial charge in [-0.05, 0) is 48.9 Å². The van der Waals surface area contributed by atoms with Gasteiger partial charge in [-0.25, -0.2) is 4.79 Å². The zero-order valence-corrected chi connectivity index (χ0v) is 19.5. The van der Waals surface area contributed by atoms with E-state index in [0.717, 1.165) is 35.5 Å². The van der Waals surface area contributed by atoms with Crippen LogP contribution in [0.4, 0.5) is 0 Å². The SMILES string of the molecule is CC1=C(C(=O)OCCOc2ccccc2)[C@@H](c2ccc(C(C)C)cc2)C2=C(CCCC2=O)N1. The topological polar surface area (TPSA) is 64.6 Å². The Labute approximate surface area is 195 Å². The number of benzene rings is 2. The van der Waals surface area contributed by atoms with E-state index in [0.29, 0.717) is 23.5 Å². The molecule has 0 amide bonds. The second-order valence-electron chi connectivity index (χ2n) is 8.88. The molecule has 0 bridgehead atoms. The molecule has 0 spiro atoms. The second-order valence-corrected chi connectivity index (χ2v) is 8.88. The molecule has 1 N–H and O–H groups in total. The molecule has 1 heterocycles. The number of rotatable bonds is 7. The van der Waals surface area contributed by atoms with Crippen molar-refractivity contribution >= 4 is 11.8 Å². The van der Waals surface area contributed by atoms with Crippen LogP contribution in [-0.2, 0) is 14.3 Å². The summed E-state index contributed by atoms with van der Waals surface area (Å²) in [5.41, 5.74) is 5.05. The fraction of sp³-hybridized carbons (Fsp3) is 0.357. The summed E-state index contributed by atoms with van der Waals surface area (Å²) < 4.78 is 11.3. The first kappa shape index (κ1) is 22.8. The van der Waals surface area contributed by atoms with E-state index in [4.69, 9.17) is 9.47 Å². The van der Waals surface area contributed by atoms with Gasteiger partial charge in [0.25, 0.3) is 0 Å². The number of hydrogen-bond donors (Lipinski definition) is 1. The Kier molecular flexibility index (Phi) is 6.97. The van der Waals surface area contributed by atoms with Crippen molar-refractivity contribution in [2.45, 2.75) is 51.9 Å². The first-order chi connectivity index (χ1) is 16.0. The molecule has 5 nitrogen and oxygen atoms in total. The summed E-state index contributed by atoms with van der Waals surface area (Å²) in [6.45, 7) is 6.57. The van der Waals surface area contributed by atoms with Gasteiger partial charge in [-0.15, -0.1) is 0 Å². The summed E-state index contributed by atoms with van der Waals surface area (Å²) in [6.07, 6.45) is 2.15. The zero-order chi connectivity index (χ0) is 23.4. The van der Waals surface area contributed by atoms with Crippen LogP contribution in [0.5, 0.6) is 5.75 Å². The molecular formula is C28H31NO4. The molecule has 1 aliphatic carbocycles. The van der Waals surface area contributed by atoms with Crippen LogP contribution >= 0.6 is 0 Å². The van der Waals surface area contributed by atoms with Gasteiger partial charge in [-0.1, -0.05) is 56.3 Å². The normalized spacial score (nSPS) is 18.2. The highest BCUT2D eigenvalue weighted by atomic mass is 16.6. The third kappa shape index (κ3) is 5.03. The maximum atomic E-state index is 13.3. The molecule has 2 aromatic rings. The lowest BCUT2D eigenvalue weighted by molar-refractivity contribution is -0.140. The van der Waals surface area contributed by atoms with Crippen LogP contribution in [0.3, 0.4) is 0 Å². The van der Waals surface area contributed by atoms with Gasteiger partial charge in [0, 0.05) is 29.3 Å². The summed E-state index contributed by atoms with van der Waals surface area (Å²) in [4.78, 5) is 26.2. The molecule has 4 rings (SSSR count). The molecule has 172 valence electrons. The number of allylic oxidation sites excluding steroid dienone is 3. The Hall–Kier alpha value is -3.34. The lowest BCUT2D eigenvalue weighted by Crippen LogP contribution is -2.34. The maximum Gasteiger partial charge on any atom is 0.336 e. The standard InChI is InChI=1S/C28H31NO4/c1-18(2)20-12-14-21(15-13-20)26-25(19(3)29-23-10-7-11-24(30)27(23)26)28(31)33-17-16-32-22-8-5-4-6-9-22/h4-6,8-9,12-15,18,26,29H,7,10-11,16-17H2,1-3H3/t26-/m1/s1. The van der Waals surface area contributed by atoms with Crippen molar-refractivity contribution in [1.29, 1.82) is 0 Å². The average molecular weight is 446 g/mol. The molecule has 33 heavy (non-hydrogen) atoms. The van der Waals surface area contributed by atoms with Gasteiger partial charge in [-0.2, -0.15) is 0 Å². The van der Waals surface area contributed by atoms with E-state index in [2.05, 4.69) is 31.3 Å². The molecule has 0 saturated carbocycles. The van der Waals surface area contributed by atoms with Crippen LogP contribution in [-0.4, -0.2) is 25.0 Å². The number of nitrogens with one attached hydrogen (secondary N) is 1. The van der Waals surface area contributed by atoms with E-state index < -0.39 is 11.9 Å². The maximum absolute atomic E-state index is 13.3. The van der Waals surface area contributed by atoms with Crippen LogP contribution in [0.2, 0.25) is 0 Å². The molecular weight excluding hydrogens is 414 g/mol. The molecule has 0 saturated heterocycles. The van der Waals surface area contributed by atoms with Gasteiger partial charge < -0.3 is 14.8 Å². The predicted octanol–water partition coefficient (Wildman–Crippen LogP) is 5.40. The minimum absolute atomic E-state index is 0.104. The molecule has 5 heteroatoms. The smallest absolute Gasteiger partial charge is 0.336 e. The lowest BCUT2D eigenvalue weighted by Gasteiger charge is -2.34. The number of hydrogen-bond acceptors (Lipinski definition) is 5. The highest BCUT2D eigenvalue weighted by Crippen LogP contribution is 2.42. The van der Waals surface area contributed by atoms with Gasteiger partial charge in [0.15, 0.2) is 5.78 Å². The molecule has 0 unspecified atom stereocenters. The largest absolute Gasteiger partial charge is 0.490 e. The van der Waals surface area contributed by atoms with Crippen molar-refractivity contribution < 1.29 is 19.1 Å². The number of Topliss-reactive ketones (excluding diaryl/α,β-unsaturated/α-hetero) is 1. The van der Waals surface area contributed by atoms with Gasteiger partial charge in [0.2, 0.25) is 0 Å². The minimum Gasteiger partial charge on any atom is -0.490 e. The summed E-state index contributed by atoms with van der Waals surface area (Å²) in [7, 11) is 0. The quantitative estimate of drug-likeness (QED) is 0.457. The van der Waals surface area contributed by atoms with E-state index in [1.165, 1.54) is 5.56 Å². The molecule has 0 radical (unpaired) electrons. The zero-order valence-electron chi connectivity index (χ0n) is 19.5. The fourth-order valence-electron chi connectivity index (χ4n) is 4.55. The first-order valence-electron chi connectivity index (χ1n) is 11.6. The van der Waals surface area contributed by atoms with E-state index >= 15 is 0 Å². The highest BCUT2D eigenvalue weighted by Gasteiger charge is 2.39. The van der Waals surface area contributed by atoms with E-state index in [9.17, 15) is 9.59 Å². The van der Waals surface area contributed by atoms with Gasteiger partial charge in [0.05, 0.1) is 5.57 Å². The number of carbonyl (C=O) groups excluding carboxylic acids is 2. The average Bonchev–Trinajstić information content (AvgIpc) is 2.81. The summed E-state index contributed by atoms with van der Waals surface area (Å²) in [6, 6.07) is 17.7. The third-order valence-electron chi connectivity index (χ3n) is 6.26. The molecule has 2 aliphatic rings. The van der Waals surface area contributed by atoms with Crippen LogP contribution in [0.15, 0.2) is 77.1 Å². The molecule has 1 aliphatic heterocycles. The van der Waals surface area contributed by atoms with Gasteiger partial charge in [0.1, 0.15) is 19.0 Å². The van der Waals surface area contributed by atoms with Crippen LogP contribution in [0, 0.1) is 0 Å². The molecule has 2 aromatic carbocycles. The van der Waals surface area contributed by atoms with Crippen LogP contribution in [0.25, 0.3) is 0 Å². The van der Waals surface area contributed by atoms with Crippen molar-refractivity contribution in [2.75, 3.05) is 13.2 Å². The van der Waals surface area contributed by atoms with Crippen molar-refractivity contribution in [3.63, 3.8) is 0 Å². The summed E-state index contributed by atoms with van der Waals surface area (Å²) in [5, 5.41) is 3.33. The van der Waals surface area contributed by atoms with Crippen molar-refractivity contribution in [3.05, 3.63) is 88.3 Å². The molecule has 1 atom stereocenters. The Bertz CT molecular complexity index is 1080. The predicted molar refractivity (Wildman–Crippen MR) is 128 cm³/mol. The molecule has 0 aromatic heterocycles. The number of ketones is 1. The van der Waals surface area contributed by atoms with Crippen molar-refractivity contribution in [2.24, 2.45) is 0 Å². The Morgan fingerprint density at radius 2 is 1.76 bits per heavy atom. The summed E-state index contributed by atoms with van der Waals surface area (Å²) >= 11 is 0. The van der Waals surface area contributed by atoms with E-state index in [-0.39, 0.29) is 19.0 Å². The van der Waals surface area contributed by atoms with Crippen molar-refractivity contribution in [1.82, 2.24) is 5.32 Å².